The van der Waals surface area contributed by atoms with Crippen molar-refractivity contribution < 1.29 is 9.72 Å². The number of hydrogen-bond donors (Lipinski definition) is 5. The fraction of sp³-hybridized carbons (Fsp3) is 0.520. The number of benzene rings is 1. The molecule has 13 nitrogen and oxygen atoms in total. The van der Waals surface area contributed by atoms with Gasteiger partial charge in [0.2, 0.25) is 5.91 Å². The van der Waals surface area contributed by atoms with E-state index in [2.05, 4.69) is 40.9 Å². The number of guanidine groups is 1. The Labute approximate surface area is 221 Å². The number of imidazole rings is 1. The lowest BCUT2D eigenvalue weighted by atomic mass is 9.93. The van der Waals surface area contributed by atoms with Crippen LogP contribution in [-0.4, -0.2) is 83.2 Å². The molecule has 1 aromatic carbocycles. The molecule has 0 spiro atoms. The number of carbonyl (C=O) groups is 1. The number of aromatic amines is 1. The molecule has 0 saturated carbocycles. The molecule has 0 aliphatic carbocycles. The molecule has 1 unspecified atom stereocenters. The number of aryl methyl sites for hydroxylation is 1. The summed E-state index contributed by atoms with van der Waals surface area (Å²) in [6.07, 6.45) is 6.56. The number of nitrogens with one attached hydrogen (secondary N) is 5. The van der Waals surface area contributed by atoms with Crippen LogP contribution in [0, 0.1) is 21.4 Å². The number of nitro groups is 1. The highest BCUT2D eigenvalue weighted by Crippen LogP contribution is 2.31. The van der Waals surface area contributed by atoms with Gasteiger partial charge in [0.1, 0.15) is 5.69 Å². The van der Waals surface area contributed by atoms with Crippen LogP contribution in [0.15, 0.2) is 35.8 Å². The normalized spacial score (nSPS) is 18.0. The Balaban J connectivity index is 1.18. The summed E-state index contributed by atoms with van der Waals surface area (Å²) in [6, 6.07) is 5.22. The van der Waals surface area contributed by atoms with Crippen LogP contribution in [0.1, 0.15) is 37.4 Å². The molecule has 1 amide bonds. The highest BCUT2D eigenvalue weighted by molar-refractivity contribution is 6.06. The van der Waals surface area contributed by atoms with Crippen molar-refractivity contribution in [1.82, 2.24) is 30.9 Å². The van der Waals surface area contributed by atoms with Crippen molar-refractivity contribution >= 4 is 29.0 Å². The number of rotatable bonds is 11. The lowest BCUT2D eigenvalue weighted by Crippen LogP contribution is -2.47. The second-order valence-corrected chi connectivity index (χ2v) is 9.67. The number of amides is 1. The van der Waals surface area contributed by atoms with Gasteiger partial charge in [0.05, 0.1) is 22.7 Å². The SMILES string of the molecule is CC1CC(=O)NN=C1c1ccc(N2CCN(CCCNC(=N)NCCCc3c[nH]cn3)CC2)c([N+](=O)[O-])c1. The zero-order valence-corrected chi connectivity index (χ0v) is 21.7. The summed E-state index contributed by atoms with van der Waals surface area (Å²) < 4.78 is 0. The molecule has 38 heavy (non-hydrogen) atoms. The molecule has 1 saturated heterocycles. The van der Waals surface area contributed by atoms with Gasteiger partial charge in [-0.15, -0.1) is 0 Å². The molecule has 1 aromatic heterocycles. The molecule has 13 heteroatoms. The maximum atomic E-state index is 11.9. The summed E-state index contributed by atoms with van der Waals surface area (Å²) in [5.74, 6) is 0.0934. The molecule has 5 N–H and O–H groups in total. The predicted molar refractivity (Wildman–Crippen MR) is 145 cm³/mol. The number of aromatic nitrogens is 2. The molecule has 2 aliphatic heterocycles. The smallest absolute Gasteiger partial charge is 0.293 e. The maximum absolute atomic E-state index is 11.9. The number of nitrogens with zero attached hydrogens (tertiary/aromatic N) is 5. The first-order valence-electron chi connectivity index (χ1n) is 13.1. The molecule has 3 heterocycles. The average molecular weight is 525 g/mol. The van der Waals surface area contributed by atoms with Crippen LogP contribution >= 0.6 is 0 Å². The van der Waals surface area contributed by atoms with Crippen LogP contribution < -0.4 is 21.0 Å². The van der Waals surface area contributed by atoms with E-state index in [0.29, 0.717) is 49.0 Å². The summed E-state index contributed by atoms with van der Waals surface area (Å²) >= 11 is 0. The number of piperazine rings is 1. The van der Waals surface area contributed by atoms with Gasteiger partial charge in [-0.1, -0.05) is 13.0 Å². The quantitative estimate of drug-likeness (QED) is 0.0967. The third-order valence-electron chi connectivity index (χ3n) is 6.86. The van der Waals surface area contributed by atoms with Crippen molar-refractivity contribution in [2.45, 2.75) is 32.6 Å². The van der Waals surface area contributed by atoms with Gasteiger partial charge in [0.25, 0.3) is 5.69 Å². The maximum Gasteiger partial charge on any atom is 0.293 e. The van der Waals surface area contributed by atoms with Gasteiger partial charge in [-0.3, -0.25) is 25.2 Å². The number of hydrazone groups is 1. The van der Waals surface area contributed by atoms with Crippen LogP contribution in [0.4, 0.5) is 11.4 Å². The van der Waals surface area contributed by atoms with Crippen molar-refractivity contribution in [3.05, 3.63) is 52.1 Å². The van der Waals surface area contributed by atoms with Crippen molar-refractivity contribution in [3.63, 3.8) is 0 Å². The Hall–Kier alpha value is -4.00. The van der Waals surface area contributed by atoms with Crippen molar-refractivity contribution in [2.24, 2.45) is 11.0 Å². The molecular formula is C25H36N10O3. The Morgan fingerprint density at radius 3 is 2.66 bits per heavy atom. The van der Waals surface area contributed by atoms with Gasteiger partial charge in [-0.2, -0.15) is 5.10 Å². The molecule has 0 bridgehead atoms. The molecule has 0 radical (unpaired) electrons. The second-order valence-electron chi connectivity index (χ2n) is 9.67. The Morgan fingerprint density at radius 2 is 1.97 bits per heavy atom. The van der Waals surface area contributed by atoms with E-state index in [4.69, 9.17) is 5.41 Å². The van der Waals surface area contributed by atoms with Crippen LogP contribution in [0.5, 0.6) is 0 Å². The van der Waals surface area contributed by atoms with E-state index in [9.17, 15) is 14.9 Å². The summed E-state index contributed by atoms with van der Waals surface area (Å²) in [5.41, 5.74) is 5.50. The Kier molecular flexibility index (Phi) is 9.25. The van der Waals surface area contributed by atoms with E-state index >= 15 is 0 Å². The van der Waals surface area contributed by atoms with E-state index in [1.165, 1.54) is 0 Å². The van der Waals surface area contributed by atoms with E-state index < -0.39 is 0 Å². The number of carbonyl (C=O) groups excluding carboxylic acids is 1. The van der Waals surface area contributed by atoms with Gasteiger partial charge < -0.3 is 20.5 Å². The summed E-state index contributed by atoms with van der Waals surface area (Å²) in [6.45, 7) is 7.27. The summed E-state index contributed by atoms with van der Waals surface area (Å²) in [4.78, 5) is 34.6. The Morgan fingerprint density at radius 1 is 1.21 bits per heavy atom. The highest BCUT2D eigenvalue weighted by Gasteiger charge is 2.27. The fourth-order valence-corrected chi connectivity index (χ4v) is 4.80. The first-order chi connectivity index (χ1) is 18.4. The zero-order valence-electron chi connectivity index (χ0n) is 21.7. The summed E-state index contributed by atoms with van der Waals surface area (Å²) in [5, 5.41) is 30.2. The molecule has 2 aliphatic rings. The number of anilines is 1. The third kappa shape index (κ3) is 7.28. The molecule has 2 aromatic rings. The zero-order chi connectivity index (χ0) is 26.9. The van der Waals surface area contributed by atoms with Crippen molar-refractivity contribution in [2.75, 3.05) is 50.7 Å². The highest BCUT2D eigenvalue weighted by atomic mass is 16.6. The monoisotopic (exact) mass is 524 g/mol. The minimum absolute atomic E-state index is 0.0577. The van der Waals surface area contributed by atoms with E-state index in [0.717, 1.165) is 51.1 Å². The van der Waals surface area contributed by atoms with E-state index in [1.54, 1.807) is 18.5 Å². The molecule has 1 atom stereocenters. The van der Waals surface area contributed by atoms with Gasteiger partial charge >= 0.3 is 0 Å². The fourth-order valence-electron chi connectivity index (χ4n) is 4.80. The van der Waals surface area contributed by atoms with Crippen molar-refractivity contribution in [3.8, 4) is 0 Å². The van der Waals surface area contributed by atoms with E-state index in [-0.39, 0.29) is 22.4 Å². The minimum atomic E-state index is -0.344. The first-order valence-corrected chi connectivity index (χ1v) is 13.1. The molecule has 1 fully saturated rings. The number of H-pyrrole nitrogens is 1. The minimum Gasteiger partial charge on any atom is -0.363 e. The number of nitro benzene ring substituents is 1. The number of hydrogen-bond acceptors (Lipinski definition) is 8. The van der Waals surface area contributed by atoms with Crippen LogP contribution in [-0.2, 0) is 11.2 Å². The molecular weight excluding hydrogens is 488 g/mol. The van der Waals surface area contributed by atoms with E-state index in [1.807, 2.05) is 19.2 Å². The second kappa shape index (κ2) is 13.0. The van der Waals surface area contributed by atoms with Gasteiger partial charge in [0.15, 0.2) is 5.96 Å². The third-order valence-corrected chi connectivity index (χ3v) is 6.86. The first kappa shape index (κ1) is 27.0. The van der Waals surface area contributed by atoms with Crippen LogP contribution in [0.25, 0.3) is 0 Å². The largest absolute Gasteiger partial charge is 0.363 e. The van der Waals surface area contributed by atoms with Crippen molar-refractivity contribution in [1.29, 1.82) is 5.41 Å². The summed E-state index contributed by atoms with van der Waals surface area (Å²) in [7, 11) is 0. The molecule has 204 valence electrons. The topological polar surface area (TPSA) is 168 Å². The molecule has 4 rings (SSSR count). The lowest BCUT2D eigenvalue weighted by Gasteiger charge is -2.36. The van der Waals surface area contributed by atoms with Gasteiger partial charge in [-0.25, -0.2) is 10.4 Å². The Bertz CT molecular complexity index is 1140. The van der Waals surface area contributed by atoms with Gasteiger partial charge in [0, 0.05) is 69.4 Å². The lowest BCUT2D eigenvalue weighted by molar-refractivity contribution is -0.384. The van der Waals surface area contributed by atoms with Crippen LogP contribution in [0.2, 0.25) is 0 Å². The standard InChI is InChI=1S/C25H36N10O3/c1-18-14-23(36)31-32-24(18)19-5-6-21(22(15-19)35(37)38)34-12-10-33(11-13-34)9-3-8-29-25(26)28-7-2-4-20-16-27-17-30-20/h5-6,15-18H,2-4,7-14H2,1H3,(H,27,30)(H,31,36)(H3,26,28,29). The van der Waals surface area contributed by atoms with Gasteiger partial charge in [-0.05, 0) is 31.9 Å². The predicted octanol–water partition coefficient (Wildman–Crippen LogP) is 1.44. The average Bonchev–Trinajstić information content (AvgIpc) is 3.43. The van der Waals surface area contributed by atoms with Crippen LogP contribution in [0.3, 0.4) is 0 Å².